The Balaban J connectivity index is 2.42. The highest BCUT2D eigenvalue weighted by atomic mass is 32.1. The van der Waals surface area contributed by atoms with E-state index in [4.69, 9.17) is 0 Å². The molecule has 1 saturated carbocycles. The van der Waals surface area contributed by atoms with Crippen molar-refractivity contribution in [1.29, 1.82) is 0 Å². The lowest BCUT2D eigenvalue weighted by atomic mass is 9.65. The molecule has 6 heteroatoms. The zero-order valence-corrected chi connectivity index (χ0v) is 18.6. The van der Waals surface area contributed by atoms with Crippen molar-refractivity contribution in [1.82, 2.24) is 3.96 Å². The van der Waals surface area contributed by atoms with E-state index in [1.165, 1.54) is 11.5 Å². The maximum absolute atomic E-state index is 13.1. The molecule has 1 aromatic heterocycles. The molecule has 0 spiro atoms. The molecule has 1 aliphatic carbocycles. The smallest absolute Gasteiger partial charge is 0.309 e. The molecule has 27 heavy (non-hydrogen) atoms. The fourth-order valence-corrected chi connectivity index (χ4v) is 4.87. The van der Waals surface area contributed by atoms with Gasteiger partial charge in [-0.3, -0.25) is 13.5 Å². The lowest BCUT2D eigenvalue weighted by Gasteiger charge is -2.37. The molecule has 0 aromatic carbocycles. The average molecular weight is 395 g/mol. The summed E-state index contributed by atoms with van der Waals surface area (Å²) in [6.07, 6.45) is 6.26. The predicted octanol–water partition coefficient (Wildman–Crippen LogP) is 4.60. The maximum Gasteiger partial charge on any atom is 0.309 e. The Morgan fingerprint density at radius 3 is 2.44 bits per heavy atom. The van der Waals surface area contributed by atoms with Crippen LogP contribution in [0.5, 0.6) is 0 Å². The summed E-state index contributed by atoms with van der Waals surface area (Å²) in [5.74, 6) is -1.36. The molecule has 0 radical (unpaired) electrons. The Morgan fingerprint density at radius 2 is 1.96 bits per heavy atom. The van der Waals surface area contributed by atoms with Crippen LogP contribution in [-0.4, -0.2) is 20.9 Å². The van der Waals surface area contributed by atoms with Crippen LogP contribution >= 0.6 is 11.5 Å². The SMILES string of the molecule is CCCCc1cn(C(C)(C)C)s/c1=N\C(=O)[C@H]1CC[C@@](C)(C(=O)O)C1(C)C. The first-order valence-electron chi connectivity index (χ1n) is 9.89. The van der Waals surface area contributed by atoms with Gasteiger partial charge in [0, 0.05) is 23.2 Å². The second-order valence-corrected chi connectivity index (χ2v) is 10.5. The number of rotatable bonds is 5. The highest BCUT2D eigenvalue weighted by molar-refractivity contribution is 7.04. The van der Waals surface area contributed by atoms with Crippen molar-refractivity contribution in [3.63, 3.8) is 0 Å². The van der Waals surface area contributed by atoms with Crippen molar-refractivity contribution in [2.75, 3.05) is 0 Å². The zero-order chi connectivity index (χ0) is 20.6. The Morgan fingerprint density at radius 1 is 1.33 bits per heavy atom. The molecule has 1 fully saturated rings. The first kappa shape index (κ1) is 21.9. The number of carboxylic acids is 1. The average Bonchev–Trinajstić information content (AvgIpc) is 3.05. The van der Waals surface area contributed by atoms with Crippen molar-refractivity contribution in [2.24, 2.45) is 21.7 Å². The fourth-order valence-electron chi connectivity index (χ4n) is 3.83. The van der Waals surface area contributed by atoms with Crippen molar-refractivity contribution < 1.29 is 14.7 Å². The Labute approximate surface area is 166 Å². The molecule has 1 amide bonds. The molecule has 2 rings (SSSR count). The van der Waals surface area contributed by atoms with Gasteiger partial charge < -0.3 is 5.11 Å². The molecule has 1 heterocycles. The van der Waals surface area contributed by atoms with E-state index < -0.39 is 16.8 Å². The van der Waals surface area contributed by atoms with Gasteiger partial charge in [-0.05, 0) is 70.3 Å². The van der Waals surface area contributed by atoms with Gasteiger partial charge in [0.2, 0.25) is 0 Å². The second-order valence-electron chi connectivity index (χ2n) is 9.55. The number of carbonyl (C=O) groups is 2. The van der Waals surface area contributed by atoms with Crippen molar-refractivity contribution in [3.05, 3.63) is 16.4 Å². The van der Waals surface area contributed by atoms with E-state index in [0.717, 1.165) is 29.5 Å². The Kier molecular flexibility index (Phi) is 6.10. The van der Waals surface area contributed by atoms with E-state index in [2.05, 4.69) is 42.8 Å². The largest absolute Gasteiger partial charge is 0.481 e. The van der Waals surface area contributed by atoms with Gasteiger partial charge in [-0.1, -0.05) is 27.2 Å². The summed E-state index contributed by atoms with van der Waals surface area (Å²) < 4.78 is 2.94. The topological polar surface area (TPSA) is 71.7 Å². The molecule has 0 aliphatic heterocycles. The molecule has 0 bridgehead atoms. The number of aryl methyl sites for hydroxylation is 1. The highest BCUT2D eigenvalue weighted by Crippen LogP contribution is 2.56. The standard InChI is InChI=1S/C21H34N2O3S/c1-8-9-10-14-13-23(19(2,3)4)27-17(14)22-16(24)15-11-12-21(7,18(25)26)20(15,5)6/h13,15H,8-12H2,1-7H3,(H,25,26)/b22-17-/t15-,21+/m1/s1. The van der Waals surface area contributed by atoms with Gasteiger partial charge in [0.25, 0.3) is 5.91 Å². The van der Waals surface area contributed by atoms with Gasteiger partial charge in [-0.15, -0.1) is 0 Å². The predicted molar refractivity (Wildman–Crippen MR) is 109 cm³/mol. The van der Waals surface area contributed by atoms with Crippen LogP contribution in [-0.2, 0) is 21.5 Å². The summed E-state index contributed by atoms with van der Waals surface area (Å²) in [5.41, 5.74) is -0.465. The number of carboxylic acid groups (broad SMARTS) is 1. The fraction of sp³-hybridized carbons (Fsp3) is 0.762. The van der Waals surface area contributed by atoms with E-state index in [9.17, 15) is 14.7 Å². The van der Waals surface area contributed by atoms with Gasteiger partial charge in [0.15, 0.2) is 0 Å². The molecular weight excluding hydrogens is 360 g/mol. The zero-order valence-electron chi connectivity index (χ0n) is 17.8. The van der Waals surface area contributed by atoms with Crippen LogP contribution in [0.1, 0.15) is 79.7 Å². The second kappa shape index (κ2) is 7.53. The molecule has 1 N–H and O–H groups in total. The summed E-state index contributed by atoms with van der Waals surface area (Å²) >= 11 is 1.52. The van der Waals surface area contributed by atoms with Crippen LogP contribution in [0.3, 0.4) is 0 Å². The van der Waals surface area contributed by atoms with Crippen LogP contribution in [0.15, 0.2) is 11.2 Å². The monoisotopic (exact) mass is 394 g/mol. The minimum Gasteiger partial charge on any atom is -0.481 e. The van der Waals surface area contributed by atoms with E-state index in [1.54, 1.807) is 6.92 Å². The molecular formula is C21H34N2O3S. The van der Waals surface area contributed by atoms with Crippen LogP contribution in [0.25, 0.3) is 0 Å². The Bertz CT molecular complexity index is 782. The number of unbranched alkanes of at least 4 members (excludes halogenated alkanes) is 1. The van der Waals surface area contributed by atoms with Crippen molar-refractivity contribution >= 4 is 23.4 Å². The number of nitrogens with zero attached hydrogens (tertiary/aromatic N) is 2. The third-order valence-corrected chi connectivity index (χ3v) is 7.78. The first-order chi connectivity index (χ1) is 12.3. The van der Waals surface area contributed by atoms with Crippen LogP contribution in [0, 0.1) is 16.7 Å². The summed E-state index contributed by atoms with van der Waals surface area (Å²) in [6, 6.07) is 0. The number of hydrogen-bond donors (Lipinski definition) is 1. The molecule has 1 aliphatic rings. The summed E-state index contributed by atoms with van der Waals surface area (Å²) in [7, 11) is 0. The van der Waals surface area contributed by atoms with Crippen molar-refractivity contribution in [2.45, 2.75) is 86.1 Å². The molecule has 5 nitrogen and oxygen atoms in total. The van der Waals surface area contributed by atoms with E-state index >= 15 is 0 Å². The molecule has 152 valence electrons. The Hall–Kier alpha value is -1.43. The number of aliphatic carboxylic acids is 1. The lowest BCUT2D eigenvalue weighted by Crippen LogP contribution is -2.42. The molecule has 0 saturated heterocycles. The normalized spacial score (nSPS) is 25.7. The van der Waals surface area contributed by atoms with E-state index in [-0.39, 0.29) is 17.4 Å². The third-order valence-electron chi connectivity index (χ3n) is 6.40. The summed E-state index contributed by atoms with van der Waals surface area (Å²) in [4.78, 5) is 29.4. The number of amides is 1. The van der Waals surface area contributed by atoms with Gasteiger partial charge in [0.05, 0.1) is 5.41 Å². The minimum atomic E-state index is -0.894. The van der Waals surface area contributed by atoms with Gasteiger partial charge in [-0.2, -0.15) is 0 Å². The van der Waals surface area contributed by atoms with E-state index in [0.29, 0.717) is 12.8 Å². The minimum absolute atomic E-state index is 0.0586. The quantitative estimate of drug-likeness (QED) is 0.793. The lowest BCUT2D eigenvalue weighted by molar-refractivity contribution is -0.155. The number of aromatic nitrogens is 1. The number of hydrogen-bond acceptors (Lipinski definition) is 3. The summed E-state index contributed by atoms with van der Waals surface area (Å²) in [6.45, 7) is 14.1. The first-order valence-corrected chi connectivity index (χ1v) is 10.7. The highest BCUT2D eigenvalue weighted by Gasteiger charge is 2.58. The molecule has 1 aromatic rings. The van der Waals surface area contributed by atoms with Gasteiger partial charge >= 0.3 is 5.97 Å². The van der Waals surface area contributed by atoms with Gasteiger partial charge in [-0.25, -0.2) is 4.99 Å². The molecule has 2 atom stereocenters. The van der Waals surface area contributed by atoms with E-state index in [1.807, 2.05) is 13.8 Å². The van der Waals surface area contributed by atoms with Crippen LogP contribution in [0.4, 0.5) is 0 Å². The van der Waals surface area contributed by atoms with Gasteiger partial charge in [0.1, 0.15) is 4.67 Å². The van der Waals surface area contributed by atoms with Crippen LogP contribution < -0.4 is 4.67 Å². The number of carbonyl (C=O) groups excluding carboxylic acids is 1. The third kappa shape index (κ3) is 4.05. The van der Waals surface area contributed by atoms with Crippen molar-refractivity contribution in [3.8, 4) is 0 Å². The molecule has 0 unspecified atom stereocenters. The maximum atomic E-state index is 13.1. The van der Waals surface area contributed by atoms with Crippen LogP contribution in [0.2, 0.25) is 0 Å². The summed E-state index contributed by atoms with van der Waals surface area (Å²) in [5, 5.41) is 9.69.